The van der Waals surface area contributed by atoms with Gasteiger partial charge < -0.3 is 10.6 Å². The van der Waals surface area contributed by atoms with E-state index in [9.17, 15) is 0 Å². The van der Waals surface area contributed by atoms with Crippen LogP contribution in [0, 0.1) is 12.8 Å². The van der Waals surface area contributed by atoms with E-state index in [0.717, 1.165) is 19.0 Å². The first-order valence-corrected chi connectivity index (χ1v) is 7.58. The van der Waals surface area contributed by atoms with E-state index in [2.05, 4.69) is 60.7 Å². The molecule has 0 bridgehead atoms. The van der Waals surface area contributed by atoms with Gasteiger partial charge in [-0.25, -0.2) is 0 Å². The Bertz CT molecular complexity index is 473. The first-order valence-electron chi connectivity index (χ1n) is 7.58. The van der Waals surface area contributed by atoms with Crippen LogP contribution in [0.4, 0.5) is 0 Å². The topological polar surface area (TPSA) is 36.4 Å². The van der Waals surface area contributed by atoms with Crippen molar-refractivity contribution in [1.29, 1.82) is 0 Å². The second-order valence-corrected chi connectivity index (χ2v) is 6.30. The van der Waals surface area contributed by atoms with E-state index in [0.29, 0.717) is 11.3 Å². The molecule has 20 heavy (non-hydrogen) atoms. The molecule has 0 heterocycles. The summed E-state index contributed by atoms with van der Waals surface area (Å²) >= 11 is 0. The largest absolute Gasteiger partial charge is 0.356 e. The molecule has 0 aliphatic heterocycles. The van der Waals surface area contributed by atoms with Crippen molar-refractivity contribution in [1.82, 2.24) is 10.6 Å². The molecule has 2 N–H and O–H groups in total. The Morgan fingerprint density at radius 2 is 1.95 bits per heavy atom. The fourth-order valence-electron chi connectivity index (χ4n) is 2.63. The van der Waals surface area contributed by atoms with Gasteiger partial charge in [0.05, 0.1) is 0 Å². The van der Waals surface area contributed by atoms with Crippen molar-refractivity contribution in [2.45, 2.75) is 39.0 Å². The molecular formula is C17H27N3. The molecule has 0 spiro atoms. The van der Waals surface area contributed by atoms with Crippen LogP contribution >= 0.6 is 0 Å². The summed E-state index contributed by atoms with van der Waals surface area (Å²) in [6.07, 6.45) is 2.54. The van der Waals surface area contributed by atoms with Gasteiger partial charge in [0.15, 0.2) is 5.96 Å². The van der Waals surface area contributed by atoms with Gasteiger partial charge in [-0.15, -0.1) is 0 Å². The number of hydrogen-bond acceptors (Lipinski definition) is 1. The van der Waals surface area contributed by atoms with Gasteiger partial charge in [-0.3, -0.25) is 4.99 Å². The molecule has 0 atom stereocenters. The van der Waals surface area contributed by atoms with Crippen LogP contribution in [0.15, 0.2) is 29.3 Å². The fraction of sp³-hybridized carbons (Fsp3) is 0.588. The number of hydrogen-bond donors (Lipinski definition) is 2. The molecule has 0 saturated heterocycles. The molecule has 110 valence electrons. The monoisotopic (exact) mass is 273 g/mol. The number of nitrogens with zero attached hydrogens (tertiary/aromatic N) is 1. The van der Waals surface area contributed by atoms with E-state index >= 15 is 0 Å². The summed E-state index contributed by atoms with van der Waals surface area (Å²) in [6, 6.07) is 8.75. The second kappa shape index (κ2) is 6.29. The number of aryl methyl sites for hydroxylation is 1. The van der Waals surface area contributed by atoms with Crippen molar-refractivity contribution in [3.05, 3.63) is 35.4 Å². The molecule has 1 aromatic carbocycles. The van der Waals surface area contributed by atoms with Crippen LogP contribution in [0.3, 0.4) is 0 Å². The van der Waals surface area contributed by atoms with Gasteiger partial charge >= 0.3 is 0 Å². The number of rotatable bonds is 5. The zero-order valence-electron chi connectivity index (χ0n) is 13.2. The second-order valence-electron chi connectivity index (χ2n) is 6.30. The molecule has 0 amide bonds. The lowest BCUT2D eigenvalue weighted by molar-refractivity contribution is 0.599. The van der Waals surface area contributed by atoms with Crippen molar-refractivity contribution < 1.29 is 0 Å². The van der Waals surface area contributed by atoms with Crippen molar-refractivity contribution in [2.24, 2.45) is 10.9 Å². The minimum absolute atomic E-state index is 0.320. The SMILES string of the molecule is CN=C(NCC(C)C)NCC1(c2ccccc2C)CC1. The van der Waals surface area contributed by atoms with Gasteiger partial charge in [-0.2, -0.15) is 0 Å². The Morgan fingerprint density at radius 1 is 1.25 bits per heavy atom. The van der Waals surface area contributed by atoms with E-state index in [-0.39, 0.29) is 0 Å². The molecule has 1 saturated carbocycles. The maximum absolute atomic E-state index is 4.30. The van der Waals surface area contributed by atoms with Crippen LogP contribution in [0.2, 0.25) is 0 Å². The highest BCUT2D eigenvalue weighted by molar-refractivity contribution is 5.79. The highest BCUT2D eigenvalue weighted by atomic mass is 15.2. The predicted octanol–water partition coefficient (Wildman–Crippen LogP) is 2.85. The minimum atomic E-state index is 0.320. The summed E-state index contributed by atoms with van der Waals surface area (Å²) in [5.41, 5.74) is 3.21. The van der Waals surface area contributed by atoms with Crippen LogP contribution in [-0.2, 0) is 5.41 Å². The Morgan fingerprint density at radius 3 is 2.50 bits per heavy atom. The summed E-state index contributed by atoms with van der Waals surface area (Å²) in [7, 11) is 1.84. The number of aliphatic imine (C=N–C) groups is 1. The quantitative estimate of drug-likeness (QED) is 0.639. The molecule has 1 fully saturated rings. The Kier molecular flexibility index (Phi) is 4.69. The van der Waals surface area contributed by atoms with Gasteiger partial charge in [0, 0.05) is 25.6 Å². The average Bonchev–Trinajstić information content (AvgIpc) is 3.20. The number of nitrogens with one attached hydrogen (secondary N) is 2. The zero-order chi connectivity index (χ0) is 14.6. The van der Waals surface area contributed by atoms with Crippen LogP contribution in [0.5, 0.6) is 0 Å². The van der Waals surface area contributed by atoms with Crippen molar-refractivity contribution in [2.75, 3.05) is 20.1 Å². The smallest absolute Gasteiger partial charge is 0.191 e. The van der Waals surface area contributed by atoms with E-state index in [1.807, 2.05) is 7.05 Å². The van der Waals surface area contributed by atoms with Crippen LogP contribution in [0.25, 0.3) is 0 Å². The molecule has 0 unspecified atom stereocenters. The van der Waals surface area contributed by atoms with Crippen LogP contribution in [-0.4, -0.2) is 26.1 Å². The lowest BCUT2D eigenvalue weighted by Gasteiger charge is -2.21. The number of guanidine groups is 1. The molecule has 2 rings (SSSR count). The molecule has 1 aromatic rings. The summed E-state index contributed by atoms with van der Waals surface area (Å²) in [4.78, 5) is 4.30. The molecule has 0 radical (unpaired) electrons. The Hall–Kier alpha value is -1.51. The van der Waals surface area contributed by atoms with Gasteiger partial charge in [-0.05, 0) is 36.8 Å². The standard InChI is InChI=1S/C17H27N3/c1-13(2)11-19-16(18-4)20-12-17(9-10-17)15-8-6-5-7-14(15)3/h5-8,13H,9-12H2,1-4H3,(H2,18,19,20). The minimum Gasteiger partial charge on any atom is -0.356 e. The van der Waals surface area contributed by atoms with Crippen molar-refractivity contribution in [3.8, 4) is 0 Å². The third-order valence-electron chi connectivity index (χ3n) is 4.07. The van der Waals surface area contributed by atoms with Crippen LogP contribution in [0.1, 0.15) is 37.8 Å². The fourth-order valence-corrected chi connectivity index (χ4v) is 2.63. The lowest BCUT2D eigenvalue weighted by Crippen LogP contribution is -2.42. The maximum Gasteiger partial charge on any atom is 0.191 e. The maximum atomic E-state index is 4.30. The molecular weight excluding hydrogens is 246 g/mol. The molecule has 1 aliphatic carbocycles. The van der Waals surface area contributed by atoms with E-state index in [1.165, 1.54) is 24.0 Å². The van der Waals surface area contributed by atoms with Gasteiger partial charge in [0.25, 0.3) is 0 Å². The van der Waals surface area contributed by atoms with Gasteiger partial charge in [-0.1, -0.05) is 38.1 Å². The highest BCUT2D eigenvalue weighted by Gasteiger charge is 2.44. The van der Waals surface area contributed by atoms with E-state index in [4.69, 9.17) is 0 Å². The summed E-state index contributed by atoms with van der Waals surface area (Å²) in [5, 5.41) is 6.87. The Labute approximate surface area is 122 Å². The summed E-state index contributed by atoms with van der Waals surface area (Å²) in [5.74, 6) is 1.54. The van der Waals surface area contributed by atoms with E-state index < -0.39 is 0 Å². The zero-order valence-corrected chi connectivity index (χ0v) is 13.2. The highest BCUT2D eigenvalue weighted by Crippen LogP contribution is 2.48. The number of benzene rings is 1. The lowest BCUT2D eigenvalue weighted by atomic mass is 9.92. The van der Waals surface area contributed by atoms with Crippen LogP contribution < -0.4 is 10.6 Å². The molecule has 3 heteroatoms. The normalized spacial score (nSPS) is 17.1. The van der Waals surface area contributed by atoms with Gasteiger partial charge in [0.2, 0.25) is 0 Å². The third kappa shape index (κ3) is 3.53. The Balaban J connectivity index is 1.95. The van der Waals surface area contributed by atoms with Crippen molar-refractivity contribution in [3.63, 3.8) is 0 Å². The van der Waals surface area contributed by atoms with Gasteiger partial charge in [0.1, 0.15) is 0 Å². The predicted molar refractivity (Wildman–Crippen MR) is 86.3 cm³/mol. The molecule has 0 aromatic heterocycles. The first kappa shape index (κ1) is 14.9. The van der Waals surface area contributed by atoms with Crippen molar-refractivity contribution >= 4 is 5.96 Å². The first-order chi connectivity index (χ1) is 9.57. The molecule has 1 aliphatic rings. The van der Waals surface area contributed by atoms with E-state index in [1.54, 1.807) is 0 Å². The molecule has 3 nitrogen and oxygen atoms in total. The summed E-state index contributed by atoms with van der Waals surface area (Å²) in [6.45, 7) is 8.54. The third-order valence-corrected chi connectivity index (χ3v) is 4.07. The summed E-state index contributed by atoms with van der Waals surface area (Å²) < 4.78 is 0. The average molecular weight is 273 g/mol.